The number of furan rings is 1. The summed E-state index contributed by atoms with van der Waals surface area (Å²) >= 11 is 0. The maximum atomic E-state index is 13.0. The van der Waals surface area contributed by atoms with E-state index < -0.39 is 0 Å². The molecule has 152 valence electrons. The van der Waals surface area contributed by atoms with Crippen LogP contribution in [0.4, 0.5) is 10.5 Å². The molecule has 0 spiro atoms. The molecule has 29 heavy (non-hydrogen) atoms. The van der Waals surface area contributed by atoms with E-state index in [1.54, 1.807) is 10.9 Å². The van der Waals surface area contributed by atoms with Gasteiger partial charge in [-0.1, -0.05) is 18.1 Å². The maximum Gasteiger partial charge on any atom is 0.322 e. The number of nitrogens with zero attached hydrogens (tertiary/aromatic N) is 4. The molecule has 2 aromatic heterocycles. The number of aryl methyl sites for hydroxylation is 1. The SMILES string of the molecule is Cc1ccc(CNC(=O)N(c2ccc(-n3cc(CO)nn3)cc2)C2CCCC2)o1. The third-order valence-corrected chi connectivity index (χ3v) is 5.21. The van der Waals surface area contributed by atoms with Crippen molar-refractivity contribution in [3.63, 3.8) is 0 Å². The molecule has 8 nitrogen and oxygen atoms in total. The van der Waals surface area contributed by atoms with Gasteiger partial charge < -0.3 is 14.8 Å². The van der Waals surface area contributed by atoms with Crippen molar-refractivity contribution in [2.75, 3.05) is 4.90 Å². The number of rotatable bonds is 6. The summed E-state index contributed by atoms with van der Waals surface area (Å²) in [4.78, 5) is 14.9. The predicted octanol–water partition coefficient (Wildman–Crippen LogP) is 3.32. The van der Waals surface area contributed by atoms with E-state index in [0.29, 0.717) is 12.2 Å². The first-order chi connectivity index (χ1) is 14.1. The number of carbonyl (C=O) groups is 1. The van der Waals surface area contributed by atoms with Crippen LogP contribution >= 0.6 is 0 Å². The van der Waals surface area contributed by atoms with Gasteiger partial charge in [-0.05, 0) is 56.2 Å². The fraction of sp³-hybridized carbons (Fsp3) is 0.381. The number of benzene rings is 1. The van der Waals surface area contributed by atoms with Crippen LogP contribution in [0.5, 0.6) is 0 Å². The molecule has 0 unspecified atom stereocenters. The normalized spacial score (nSPS) is 14.3. The minimum atomic E-state index is -0.150. The van der Waals surface area contributed by atoms with Gasteiger partial charge in [-0.3, -0.25) is 4.90 Å². The number of anilines is 1. The van der Waals surface area contributed by atoms with Gasteiger partial charge in [-0.15, -0.1) is 5.10 Å². The molecule has 2 N–H and O–H groups in total. The van der Waals surface area contributed by atoms with E-state index in [1.807, 2.05) is 48.2 Å². The predicted molar refractivity (Wildman–Crippen MR) is 108 cm³/mol. The van der Waals surface area contributed by atoms with Crippen LogP contribution in [0.15, 0.2) is 47.0 Å². The Kier molecular flexibility index (Phi) is 5.62. The van der Waals surface area contributed by atoms with Crippen LogP contribution in [0.3, 0.4) is 0 Å². The number of amides is 2. The number of nitrogens with one attached hydrogen (secondary N) is 1. The van der Waals surface area contributed by atoms with E-state index in [1.165, 1.54) is 0 Å². The van der Waals surface area contributed by atoms with Gasteiger partial charge >= 0.3 is 6.03 Å². The number of hydrogen-bond acceptors (Lipinski definition) is 5. The second-order valence-corrected chi connectivity index (χ2v) is 7.31. The molecule has 4 rings (SSSR count). The number of carbonyl (C=O) groups excluding carboxylic acids is 1. The first kappa shape index (κ1) is 19.2. The van der Waals surface area contributed by atoms with Crippen LogP contribution in [0, 0.1) is 6.92 Å². The second-order valence-electron chi connectivity index (χ2n) is 7.31. The summed E-state index contributed by atoms with van der Waals surface area (Å²) < 4.78 is 7.16. The fourth-order valence-corrected chi connectivity index (χ4v) is 3.75. The van der Waals surface area contributed by atoms with E-state index in [2.05, 4.69) is 15.6 Å². The fourth-order valence-electron chi connectivity index (χ4n) is 3.75. The Hall–Kier alpha value is -3.13. The lowest BCUT2D eigenvalue weighted by Gasteiger charge is -2.29. The first-order valence-electron chi connectivity index (χ1n) is 9.89. The van der Waals surface area contributed by atoms with Gasteiger partial charge in [0.2, 0.25) is 0 Å². The van der Waals surface area contributed by atoms with Crippen molar-refractivity contribution in [1.82, 2.24) is 20.3 Å². The summed E-state index contributed by atoms with van der Waals surface area (Å²) in [5, 5.41) is 20.0. The van der Waals surface area contributed by atoms with Gasteiger partial charge in [0.05, 0.1) is 25.0 Å². The van der Waals surface area contributed by atoms with Crippen molar-refractivity contribution >= 4 is 11.7 Å². The molecule has 2 heterocycles. The molecule has 1 fully saturated rings. The summed E-state index contributed by atoms with van der Waals surface area (Å²) in [5.74, 6) is 1.57. The zero-order valence-corrected chi connectivity index (χ0v) is 16.4. The topological polar surface area (TPSA) is 96.4 Å². The van der Waals surface area contributed by atoms with Crippen LogP contribution in [0.1, 0.15) is 42.9 Å². The van der Waals surface area contributed by atoms with Gasteiger partial charge in [0.15, 0.2) is 0 Å². The summed E-state index contributed by atoms with van der Waals surface area (Å²) in [6.45, 7) is 2.09. The van der Waals surface area contributed by atoms with E-state index in [-0.39, 0.29) is 18.7 Å². The lowest BCUT2D eigenvalue weighted by molar-refractivity contribution is 0.242. The molecule has 2 amide bonds. The molecule has 0 aliphatic heterocycles. The monoisotopic (exact) mass is 395 g/mol. The maximum absolute atomic E-state index is 13.0. The number of urea groups is 1. The number of aromatic nitrogens is 3. The van der Waals surface area contributed by atoms with Gasteiger partial charge in [0, 0.05) is 11.7 Å². The first-order valence-corrected chi connectivity index (χ1v) is 9.89. The third-order valence-electron chi connectivity index (χ3n) is 5.21. The standard InChI is InChI=1S/C21H25N5O3/c1-15-6-11-20(29-15)12-22-21(28)26(18-4-2-3-5-18)19-9-7-17(8-10-19)25-13-16(14-27)23-24-25/h6-11,13,18,27H,2-5,12,14H2,1H3,(H,22,28). The van der Waals surface area contributed by atoms with Gasteiger partial charge in [-0.25, -0.2) is 9.48 Å². The molecule has 1 saturated carbocycles. The number of aliphatic hydroxyl groups excluding tert-OH is 1. The molecular formula is C21H25N5O3. The summed E-state index contributed by atoms with van der Waals surface area (Å²) in [5.41, 5.74) is 2.17. The lowest BCUT2D eigenvalue weighted by Crippen LogP contribution is -2.45. The average molecular weight is 395 g/mol. The minimum Gasteiger partial charge on any atom is -0.465 e. The summed E-state index contributed by atoms with van der Waals surface area (Å²) in [6.07, 6.45) is 5.94. The highest BCUT2D eigenvalue weighted by Gasteiger charge is 2.28. The van der Waals surface area contributed by atoms with E-state index >= 15 is 0 Å². The molecule has 0 saturated heterocycles. The number of hydrogen-bond donors (Lipinski definition) is 2. The van der Waals surface area contributed by atoms with Crippen LogP contribution in [-0.2, 0) is 13.2 Å². The molecule has 1 aliphatic carbocycles. The van der Waals surface area contributed by atoms with Crippen LogP contribution in [-0.4, -0.2) is 32.2 Å². The molecular weight excluding hydrogens is 370 g/mol. The molecule has 1 aliphatic rings. The molecule has 3 aromatic rings. The van der Waals surface area contributed by atoms with Crippen molar-refractivity contribution in [2.24, 2.45) is 0 Å². The van der Waals surface area contributed by atoms with Gasteiger partial charge in [-0.2, -0.15) is 0 Å². The Bertz CT molecular complexity index is 957. The highest BCUT2D eigenvalue weighted by molar-refractivity contribution is 5.92. The quantitative estimate of drug-likeness (QED) is 0.667. The van der Waals surface area contributed by atoms with Crippen molar-refractivity contribution in [3.8, 4) is 5.69 Å². The van der Waals surface area contributed by atoms with Gasteiger partial charge in [0.1, 0.15) is 17.2 Å². The van der Waals surface area contributed by atoms with Crippen LogP contribution in [0.25, 0.3) is 5.69 Å². The molecule has 0 radical (unpaired) electrons. The van der Waals surface area contributed by atoms with Crippen LogP contribution < -0.4 is 10.2 Å². The largest absolute Gasteiger partial charge is 0.465 e. The molecule has 0 atom stereocenters. The zero-order chi connectivity index (χ0) is 20.2. The van der Waals surface area contributed by atoms with Crippen molar-refractivity contribution in [2.45, 2.75) is 51.8 Å². The van der Waals surface area contributed by atoms with E-state index in [0.717, 1.165) is 48.6 Å². The Morgan fingerprint density at radius 2 is 2.00 bits per heavy atom. The smallest absolute Gasteiger partial charge is 0.322 e. The van der Waals surface area contributed by atoms with Gasteiger partial charge in [0.25, 0.3) is 0 Å². The molecule has 8 heteroatoms. The minimum absolute atomic E-state index is 0.123. The highest BCUT2D eigenvalue weighted by Crippen LogP contribution is 2.29. The van der Waals surface area contributed by atoms with Crippen molar-refractivity contribution < 1.29 is 14.3 Å². The average Bonchev–Trinajstić information content (AvgIpc) is 3.49. The third kappa shape index (κ3) is 4.32. The Morgan fingerprint density at radius 3 is 2.62 bits per heavy atom. The number of aliphatic hydroxyl groups is 1. The Morgan fingerprint density at radius 1 is 1.24 bits per heavy atom. The summed E-state index contributed by atoms with van der Waals surface area (Å²) in [7, 11) is 0. The second kappa shape index (κ2) is 8.48. The van der Waals surface area contributed by atoms with Crippen LogP contribution in [0.2, 0.25) is 0 Å². The van der Waals surface area contributed by atoms with E-state index in [4.69, 9.17) is 9.52 Å². The lowest BCUT2D eigenvalue weighted by atomic mass is 10.1. The van der Waals surface area contributed by atoms with Crippen molar-refractivity contribution in [3.05, 3.63) is 59.8 Å². The summed E-state index contributed by atoms with van der Waals surface area (Å²) in [6, 6.07) is 11.5. The van der Waals surface area contributed by atoms with Crippen molar-refractivity contribution in [1.29, 1.82) is 0 Å². The Labute approximate surface area is 169 Å². The molecule has 0 bridgehead atoms. The Balaban J connectivity index is 1.52. The highest BCUT2D eigenvalue weighted by atomic mass is 16.3. The molecule has 1 aromatic carbocycles. The van der Waals surface area contributed by atoms with E-state index in [9.17, 15) is 4.79 Å². The zero-order valence-electron chi connectivity index (χ0n) is 16.4.